The maximum absolute atomic E-state index is 11.8. The van der Waals surface area contributed by atoms with Crippen LogP contribution in [-0.4, -0.2) is 34.5 Å². The highest BCUT2D eigenvalue weighted by molar-refractivity contribution is 6.31. The van der Waals surface area contributed by atoms with E-state index in [1.807, 2.05) is 0 Å². The molecule has 1 fully saturated rings. The molecule has 1 unspecified atom stereocenters. The van der Waals surface area contributed by atoms with Crippen LogP contribution in [0.15, 0.2) is 24.3 Å². The molecule has 2 atom stereocenters. The van der Waals surface area contributed by atoms with Gasteiger partial charge in [-0.05, 0) is 6.07 Å². The molecule has 18 heavy (non-hydrogen) atoms. The minimum atomic E-state index is -1.11. The van der Waals surface area contributed by atoms with E-state index in [0.29, 0.717) is 10.6 Å². The number of likely N-dealkylation sites (tertiary alicyclic amines) is 1. The van der Waals surface area contributed by atoms with E-state index in [2.05, 4.69) is 0 Å². The van der Waals surface area contributed by atoms with Gasteiger partial charge in [0.2, 0.25) is 5.91 Å². The van der Waals surface area contributed by atoms with Gasteiger partial charge in [0.25, 0.3) is 0 Å². The smallest absolute Gasteiger partial charge is 0.331 e. The molecule has 0 saturated carbocycles. The van der Waals surface area contributed by atoms with E-state index in [9.17, 15) is 14.7 Å². The molecule has 1 aromatic carbocycles. The molecule has 1 saturated heterocycles. The van der Waals surface area contributed by atoms with Gasteiger partial charge in [0, 0.05) is 29.6 Å². The highest BCUT2D eigenvalue weighted by Gasteiger charge is 2.38. The average Bonchev–Trinajstić information content (AvgIpc) is 2.61. The molecule has 1 aliphatic heterocycles. The van der Waals surface area contributed by atoms with Crippen molar-refractivity contribution < 1.29 is 14.7 Å². The second-order valence-electron chi connectivity index (χ2n) is 4.27. The van der Waals surface area contributed by atoms with E-state index in [0.717, 1.165) is 0 Å². The standard InChI is InChI=1S/C12H13ClN2O3/c13-9-4-2-1-3-8(9)11(12(17)18)15-6-7(14)5-10(15)16/h1-4,7,11H,5-6,14H2,(H,17,18)/t7?,11-/m1/s1. The third-order valence-corrected chi connectivity index (χ3v) is 3.28. The number of carbonyl (C=O) groups excluding carboxylic acids is 1. The zero-order valence-corrected chi connectivity index (χ0v) is 10.3. The van der Waals surface area contributed by atoms with E-state index in [1.165, 1.54) is 4.90 Å². The molecule has 1 amide bonds. The SMILES string of the molecule is NC1CC(=O)N([C@@H](C(=O)O)c2ccccc2Cl)C1. The summed E-state index contributed by atoms with van der Waals surface area (Å²) in [6, 6.07) is 5.23. The fourth-order valence-electron chi connectivity index (χ4n) is 2.14. The summed E-state index contributed by atoms with van der Waals surface area (Å²) in [6.07, 6.45) is 0.175. The quantitative estimate of drug-likeness (QED) is 0.857. The Balaban J connectivity index is 2.38. The van der Waals surface area contributed by atoms with Crippen LogP contribution in [0.1, 0.15) is 18.0 Å². The number of aliphatic carboxylic acids is 1. The van der Waals surface area contributed by atoms with Crippen LogP contribution < -0.4 is 5.73 Å². The average molecular weight is 269 g/mol. The number of carbonyl (C=O) groups is 2. The first-order valence-corrected chi connectivity index (χ1v) is 5.90. The topological polar surface area (TPSA) is 83.6 Å². The Labute approximate surface area is 109 Å². The van der Waals surface area contributed by atoms with Gasteiger partial charge in [-0.2, -0.15) is 0 Å². The lowest BCUT2D eigenvalue weighted by atomic mass is 10.1. The van der Waals surface area contributed by atoms with Gasteiger partial charge in [0.1, 0.15) is 0 Å². The third-order valence-electron chi connectivity index (χ3n) is 2.93. The molecular formula is C12H13ClN2O3. The van der Waals surface area contributed by atoms with Crippen LogP contribution in [0.4, 0.5) is 0 Å². The summed E-state index contributed by atoms with van der Waals surface area (Å²) in [7, 11) is 0. The maximum atomic E-state index is 11.8. The van der Waals surface area contributed by atoms with E-state index < -0.39 is 12.0 Å². The molecule has 5 nitrogen and oxygen atoms in total. The number of hydrogen-bond donors (Lipinski definition) is 2. The Bertz CT molecular complexity index is 492. The maximum Gasteiger partial charge on any atom is 0.331 e. The second-order valence-corrected chi connectivity index (χ2v) is 4.68. The van der Waals surface area contributed by atoms with Gasteiger partial charge < -0.3 is 15.7 Å². The Hall–Kier alpha value is -1.59. The molecule has 1 aliphatic rings. The lowest BCUT2D eigenvalue weighted by Gasteiger charge is -2.25. The van der Waals surface area contributed by atoms with Crippen molar-refractivity contribution in [2.45, 2.75) is 18.5 Å². The summed E-state index contributed by atoms with van der Waals surface area (Å²) >= 11 is 5.99. The van der Waals surface area contributed by atoms with E-state index in [-0.39, 0.29) is 24.9 Å². The number of amides is 1. The number of nitrogens with zero attached hydrogens (tertiary/aromatic N) is 1. The van der Waals surface area contributed by atoms with Gasteiger partial charge in [0.15, 0.2) is 6.04 Å². The molecule has 3 N–H and O–H groups in total. The van der Waals surface area contributed by atoms with Crippen molar-refractivity contribution in [1.82, 2.24) is 4.90 Å². The summed E-state index contributed by atoms with van der Waals surface area (Å²) in [4.78, 5) is 24.4. The summed E-state index contributed by atoms with van der Waals surface area (Å²) in [5, 5.41) is 9.65. The van der Waals surface area contributed by atoms with Crippen LogP contribution in [-0.2, 0) is 9.59 Å². The van der Waals surface area contributed by atoms with Crippen LogP contribution >= 0.6 is 11.6 Å². The van der Waals surface area contributed by atoms with Crippen molar-refractivity contribution in [1.29, 1.82) is 0 Å². The Morgan fingerprint density at radius 3 is 2.67 bits per heavy atom. The number of carboxylic acid groups (broad SMARTS) is 1. The van der Waals surface area contributed by atoms with Crippen LogP contribution in [0.3, 0.4) is 0 Å². The molecule has 0 aliphatic carbocycles. The minimum Gasteiger partial charge on any atom is -0.479 e. The fourth-order valence-corrected chi connectivity index (χ4v) is 2.38. The normalized spacial score (nSPS) is 21.1. The molecule has 0 bridgehead atoms. The number of halogens is 1. The summed E-state index contributed by atoms with van der Waals surface area (Å²) in [5.41, 5.74) is 6.09. The molecule has 6 heteroatoms. The zero-order valence-electron chi connectivity index (χ0n) is 9.54. The Morgan fingerprint density at radius 2 is 2.17 bits per heavy atom. The van der Waals surface area contributed by atoms with Crippen LogP contribution in [0, 0.1) is 0 Å². The lowest BCUT2D eigenvalue weighted by Crippen LogP contribution is -2.36. The number of benzene rings is 1. The van der Waals surface area contributed by atoms with Gasteiger partial charge in [-0.3, -0.25) is 4.79 Å². The molecule has 1 aromatic rings. The zero-order chi connectivity index (χ0) is 13.3. The predicted molar refractivity (Wildman–Crippen MR) is 66.1 cm³/mol. The summed E-state index contributed by atoms with van der Waals surface area (Å²) < 4.78 is 0. The Morgan fingerprint density at radius 1 is 1.50 bits per heavy atom. The molecule has 0 spiro atoms. The van der Waals surface area contributed by atoms with Crippen molar-refractivity contribution in [2.75, 3.05) is 6.54 Å². The fraction of sp³-hybridized carbons (Fsp3) is 0.333. The predicted octanol–water partition coefficient (Wildman–Crippen LogP) is 1.03. The summed E-state index contributed by atoms with van der Waals surface area (Å²) in [5.74, 6) is -1.36. The Kier molecular flexibility index (Phi) is 3.54. The highest BCUT2D eigenvalue weighted by Crippen LogP contribution is 2.30. The van der Waals surface area contributed by atoms with Crippen LogP contribution in [0.5, 0.6) is 0 Å². The highest BCUT2D eigenvalue weighted by atomic mass is 35.5. The molecular weight excluding hydrogens is 256 g/mol. The minimum absolute atomic E-state index is 0.175. The van der Waals surface area contributed by atoms with E-state index >= 15 is 0 Å². The van der Waals surface area contributed by atoms with Gasteiger partial charge in [-0.25, -0.2) is 4.79 Å². The number of rotatable bonds is 3. The van der Waals surface area contributed by atoms with Gasteiger partial charge in [-0.15, -0.1) is 0 Å². The van der Waals surface area contributed by atoms with Gasteiger partial charge in [0.05, 0.1) is 0 Å². The molecule has 1 heterocycles. The first-order chi connectivity index (χ1) is 8.50. The monoisotopic (exact) mass is 268 g/mol. The number of hydrogen-bond acceptors (Lipinski definition) is 3. The van der Waals surface area contributed by atoms with E-state index in [4.69, 9.17) is 17.3 Å². The third kappa shape index (κ3) is 2.32. The van der Waals surface area contributed by atoms with Crippen LogP contribution in [0.2, 0.25) is 5.02 Å². The van der Waals surface area contributed by atoms with Crippen molar-refractivity contribution in [3.8, 4) is 0 Å². The molecule has 0 radical (unpaired) electrons. The molecule has 2 rings (SSSR count). The van der Waals surface area contributed by atoms with Crippen molar-refractivity contribution in [2.24, 2.45) is 5.73 Å². The summed E-state index contributed by atoms with van der Waals surface area (Å²) in [6.45, 7) is 0.237. The van der Waals surface area contributed by atoms with E-state index in [1.54, 1.807) is 24.3 Å². The number of carboxylic acids is 1. The lowest BCUT2D eigenvalue weighted by molar-refractivity contribution is -0.148. The largest absolute Gasteiger partial charge is 0.479 e. The van der Waals surface area contributed by atoms with Crippen molar-refractivity contribution in [3.05, 3.63) is 34.9 Å². The molecule has 96 valence electrons. The molecule has 0 aromatic heterocycles. The van der Waals surface area contributed by atoms with Crippen LogP contribution in [0.25, 0.3) is 0 Å². The van der Waals surface area contributed by atoms with Crippen molar-refractivity contribution in [3.63, 3.8) is 0 Å². The first kappa shape index (κ1) is 12.9. The number of nitrogens with two attached hydrogens (primary N) is 1. The van der Waals surface area contributed by atoms with Gasteiger partial charge in [-0.1, -0.05) is 29.8 Å². The second kappa shape index (κ2) is 4.96. The first-order valence-electron chi connectivity index (χ1n) is 5.53. The van der Waals surface area contributed by atoms with Crippen molar-refractivity contribution >= 4 is 23.5 Å². The van der Waals surface area contributed by atoms with Gasteiger partial charge >= 0.3 is 5.97 Å².